The molecule has 0 saturated heterocycles. The van der Waals surface area contributed by atoms with Crippen LogP contribution in [0, 0.1) is 19.8 Å². The molecule has 2 atom stereocenters. The summed E-state index contributed by atoms with van der Waals surface area (Å²) < 4.78 is 5.99. The first-order valence-corrected chi connectivity index (χ1v) is 9.50. The van der Waals surface area contributed by atoms with Crippen LogP contribution in [-0.2, 0) is 4.79 Å². The van der Waals surface area contributed by atoms with Crippen LogP contribution in [0.2, 0.25) is 0 Å². The largest absolute Gasteiger partial charge is 0.481 e. The third-order valence-electron chi connectivity index (χ3n) is 4.65. The van der Waals surface area contributed by atoms with Crippen LogP contribution in [0.5, 0.6) is 5.75 Å². The molecule has 0 heterocycles. The van der Waals surface area contributed by atoms with Crippen LogP contribution in [0.15, 0.2) is 48.5 Å². The first kappa shape index (κ1) is 20.0. The quantitative estimate of drug-likeness (QED) is 0.693. The van der Waals surface area contributed by atoms with E-state index in [0.29, 0.717) is 12.3 Å². The highest BCUT2D eigenvalue weighted by atomic mass is 16.5. The maximum Gasteiger partial charge on any atom is 0.261 e. The van der Waals surface area contributed by atoms with E-state index in [1.54, 1.807) is 0 Å². The average molecular weight is 354 g/mol. The maximum atomic E-state index is 12.9. The summed E-state index contributed by atoms with van der Waals surface area (Å²) in [5.74, 6) is 1.18. The van der Waals surface area contributed by atoms with Gasteiger partial charge in [0.05, 0.1) is 6.04 Å². The molecule has 0 aromatic heterocycles. The molecule has 0 saturated carbocycles. The van der Waals surface area contributed by atoms with E-state index in [9.17, 15) is 4.79 Å². The molecule has 2 aromatic rings. The molecule has 3 heteroatoms. The molecule has 2 aromatic carbocycles. The van der Waals surface area contributed by atoms with Gasteiger partial charge in [-0.1, -0.05) is 57.2 Å². The van der Waals surface area contributed by atoms with Crippen LogP contribution in [0.4, 0.5) is 0 Å². The highest BCUT2D eigenvalue weighted by molar-refractivity contribution is 5.81. The molecule has 1 amide bonds. The van der Waals surface area contributed by atoms with Gasteiger partial charge in [-0.2, -0.15) is 0 Å². The van der Waals surface area contributed by atoms with Gasteiger partial charge >= 0.3 is 0 Å². The van der Waals surface area contributed by atoms with Crippen molar-refractivity contribution >= 4 is 5.91 Å². The Labute approximate surface area is 157 Å². The molecule has 0 aliphatic rings. The second-order valence-corrected chi connectivity index (χ2v) is 7.36. The number of nitrogens with one attached hydrogen (secondary N) is 1. The van der Waals surface area contributed by atoms with Crippen molar-refractivity contribution in [3.05, 3.63) is 65.2 Å². The van der Waals surface area contributed by atoms with E-state index in [1.165, 1.54) is 11.1 Å². The van der Waals surface area contributed by atoms with Crippen LogP contribution < -0.4 is 10.1 Å². The predicted octanol–water partition coefficient (Wildman–Crippen LogP) is 5.36. The standard InChI is InChI=1S/C23H31NO2/c1-6-22(26-20-13-12-17(4)18(5)15-20)23(25)24-21(14-16(2)3)19-10-8-7-9-11-19/h7-13,15-16,21-22H,6,14H2,1-5H3,(H,24,25)/t21-,22-/m1/s1. The molecule has 1 N–H and O–H groups in total. The molecule has 2 rings (SSSR count). The summed E-state index contributed by atoms with van der Waals surface area (Å²) in [6.07, 6.45) is 1.04. The first-order valence-electron chi connectivity index (χ1n) is 9.50. The van der Waals surface area contributed by atoms with Crippen molar-refractivity contribution in [2.24, 2.45) is 5.92 Å². The van der Waals surface area contributed by atoms with Crippen molar-refractivity contribution in [2.45, 2.75) is 59.6 Å². The zero-order valence-corrected chi connectivity index (χ0v) is 16.6. The molecular formula is C23H31NO2. The van der Waals surface area contributed by atoms with Gasteiger partial charge < -0.3 is 10.1 Å². The topological polar surface area (TPSA) is 38.3 Å². The Balaban J connectivity index is 2.11. The average Bonchev–Trinajstić information content (AvgIpc) is 2.62. The van der Waals surface area contributed by atoms with Crippen molar-refractivity contribution in [1.29, 1.82) is 0 Å². The van der Waals surface area contributed by atoms with Crippen molar-refractivity contribution in [1.82, 2.24) is 5.32 Å². The minimum Gasteiger partial charge on any atom is -0.481 e. The summed E-state index contributed by atoms with van der Waals surface area (Å²) in [6.45, 7) is 10.4. The summed E-state index contributed by atoms with van der Waals surface area (Å²) in [7, 11) is 0. The van der Waals surface area contributed by atoms with Gasteiger partial charge in [-0.05, 0) is 61.4 Å². The van der Waals surface area contributed by atoms with Gasteiger partial charge in [0.2, 0.25) is 0 Å². The Morgan fingerprint density at radius 1 is 1.04 bits per heavy atom. The lowest BCUT2D eigenvalue weighted by Crippen LogP contribution is -2.40. The number of carbonyl (C=O) groups excluding carboxylic acids is 1. The lowest BCUT2D eigenvalue weighted by atomic mass is 9.96. The van der Waals surface area contributed by atoms with Gasteiger partial charge in [-0.25, -0.2) is 0 Å². The normalized spacial score (nSPS) is 13.3. The minimum atomic E-state index is -0.490. The van der Waals surface area contributed by atoms with E-state index in [4.69, 9.17) is 4.74 Å². The van der Waals surface area contributed by atoms with E-state index >= 15 is 0 Å². The molecule has 0 spiro atoms. The number of hydrogen-bond acceptors (Lipinski definition) is 2. The van der Waals surface area contributed by atoms with Gasteiger partial charge in [-0.15, -0.1) is 0 Å². The van der Waals surface area contributed by atoms with Gasteiger partial charge in [0.15, 0.2) is 6.10 Å². The zero-order valence-electron chi connectivity index (χ0n) is 16.6. The third-order valence-corrected chi connectivity index (χ3v) is 4.65. The van der Waals surface area contributed by atoms with E-state index in [-0.39, 0.29) is 11.9 Å². The molecule has 0 aliphatic heterocycles. The van der Waals surface area contributed by atoms with Gasteiger partial charge in [0.25, 0.3) is 5.91 Å². The smallest absolute Gasteiger partial charge is 0.261 e. The number of hydrogen-bond donors (Lipinski definition) is 1. The fourth-order valence-corrected chi connectivity index (χ4v) is 2.97. The molecule has 0 aliphatic carbocycles. The lowest BCUT2D eigenvalue weighted by molar-refractivity contribution is -0.129. The third kappa shape index (κ3) is 5.62. The number of rotatable bonds is 8. The van der Waals surface area contributed by atoms with Gasteiger partial charge in [-0.3, -0.25) is 4.79 Å². The molecule has 0 unspecified atom stereocenters. The molecule has 0 radical (unpaired) electrons. The first-order chi connectivity index (χ1) is 12.4. The van der Waals surface area contributed by atoms with E-state index < -0.39 is 6.10 Å². The van der Waals surface area contributed by atoms with E-state index in [1.807, 2.05) is 43.3 Å². The summed E-state index contributed by atoms with van der Waals surface area (Å²) in [5, 5.41) is 3.20. The fraction of sp³-hybridized carbons (Fsp3) is 0.435. The molecule has 26 heavy (non-hydrogen) atoms. The van der Waals surface area contributed by atoms with Crippen molar-refractivity contribution < 1.29 is 9.53 Å². The molecular weight excluding hydrogens is 322 g/mol. The van der Waals surface area contributed by atoms with Crippen molar-refractivity contribution in [3.63, 3.8) is 0 Å². The SMILES string of the molecule is CC[C@@H](Oc1ccc(C)c(C)c1)C(=O)N[C@H](CC(C)C)c1ccccc1. The van der Waals surface area contributed by atoms with E-state index in [2.05, 4.69) is 45.1 Å². The Morgan fingerprint density at radius 3 is 2.31 bits per heavy atom. The monoisotopic (exact) mass is 353 g/mol. The zero-order chi connectivity index (χ0) is 19.1. The summed E-state index contributed by atoms with van der Waals surface area (Å²) in [4.78, 5) is 12.9. The summed E-state index contributed by atoms with van der Waals surface area (Å²) in [5.41, 5.74) is 3.52. The van der Waals surface area contributed by atoms with Crippen LogP contribution >= 0.6 is 0 Å². The Morgan fingerprint density at radius 2 is 1.73 bits per heavy atom. The Kier molecular flexibility index (Phi) is 7.26. The number of benzene rings is 2. The molecule has 0 bridgehead atoms. The summed E-state index contributed by atoms with van der Waals surface area (Å²) in [6, 6.07) is 16.1. The molecule has 0 fully saturated rings. The van der Waals surface area contributed by atoms with Crippen LogP contribution in [0.1, 0.15) is 56.3 Å². The minimum absolute atomic E-state index is 0.00102. The molecule has 140 valence electrons. The van der Waals surface area contributed by atoms with Crippen LogP contribution in [0.25, 0.3) is 0 Å². The number of carbonyl (C=O) groups is 1. The lowest BCUT2D eigenvalue weighted by Gasteiger charge is -2.24. The van der Waals surface area contributed by atoms with Crippen LogP contribution in [0.3, 0.4) is 0 Å². The number of aryl methyl sites for hydroxylation is 2. The molecule has 3 nitrogen and oxygen atoms in total. The predicted molar refractivity (Wildman–Crippen MR) is 107 cm³/mol. The second kappa shape index (κ2) is 9.42. The van der Waals surface area contributed by atoms with Crippen molar-refractivity contribution in [3.8, 4) is 5.75 Å². The van der Waals surface area contributed by atoms with Crippen LogP contribution in [-0.4, -0.2) is 12.0 Å². The highest BCUT2D eigenvalue weighted by Gasteiger charge is 2.23. The second-order valence-electron chi connectivity index (χ2n) is 7.36. The van der Waals surface area contributed by atoms with Gasteiger partial charge in [0.1, 0.15) is 5.75 Å². The maximum absolute atomic E-state index is 12.9. The number of amides is 1. The Hall–Kier alpha value is -2.29. The summed E-state index contributed by atoms with van der Waals surface area (Å²) >= 11 is 0. The van der Waals surface area contributed by atoms with Crippen molar-refractivity contribution in [2.75, 3.05) is 0 Å². The number of ether oxygens (including phenoxy) is 1. The van der Waals surface area contributed by atoms with Gasteiger partial charge in [0, 0.05) is 0 Å². The van der Waals surface area contributed by atoms with E-state index in [0.717, 1.165) is 17.7 Å². The fourth-order valence-electron chi connectivity index (χ4n) is 2.97. The highest BCUT2D eigenvalue weighted by Crippen LogP contribution is 2.23. The Bertz CT molecular complexity index is 709.